The van der Waals surface area contributed by atoms with Crippen LogP contribution in [0.15, 0.2) is 48.9 Å². The zero-order valence-corrected chi connectivity index (χ0v) is 13.9. The zero-order chi connectivity index (χ0) is 17.8. The first-order valence-electron chi connectivity index (χ1n) is 7.24. The maximum Gasteiger partial charge on any atom is 0.353 e. The second-order valence-electron chi connectivity index (χ2n) is 5.16. The molecule has 8 nitrogen and oxygen atoms in total. The molecule has 3 rings (SSSR count). The van der Waals surface area contributed by atoms with Crippen LogP contribution in [0.1, 0.15) is 5.56 Å². The number of hydrogen-bond acceptors (Lipinski definition) is 7. The molecule has 0 amide bonds. The Morgan fingerprint density at radius 1 is 1.08 bits per heavy atom. The van der Waals surface area contributed by atoms with Crippen molar-refractivity contribution in [3.63, 3.8) is 0 Å². The Labute approximate surface area is 148 Å². The van der Waals surface area contributed by atoms with E-state index in [9.17, 15) is 10.1 Å². The lowest BCUT2D eigenvalue weighted by Crippen LogP contribution is -2.06. The Balaban J connectivity index is 1.96. The van der Waals surface area contributed by atoms with Gasteiger partial charge in [-0.05, 0) is 36.8 Å². The molecule has 0 atom stereocenters. The lowest BCUT2D eigenvalue weighted by molar-refractivity contribution is -0.383. The summed E-state index contributed by atoms with van der Waals surface area (Å²) in [6.45, 7) is 1.90. The molecule has 0 radical (unpaired) electrons. The highest BCUT2D eigenvalue weighted by Gasteiger charge is 2.23. The Kier molecular flexibility index (Phi) is 4.71. The topological polar surface area (TPSA) is 106 Å². The van der Waals surface area contributed by atoms with Gasteiger partial charge in [0.05, 0.1) is 4.92 Å². The van der Waals surface area contributed by atoms with Gasteiger partial charge in [0.15, 0.2) is 0 Å². The molecule has 0 fully saturated rings. The van der Waals surface area contributed by atoms with Crippen LogP contribution in [0.4, 0.5) is 28.8 Å². The van der Waals surface area contributed by atoms with E-state index in [1.165, 1.54) is 6.33 Å². The van der Waals surface area contributed by atoms with Gasteiger partial charge in [0.2, 0.25) is 11.6 Å². The van der Waals surface area contributed by atoms with Crippen LogP contribution >= 0.6 is 11.6 Å². The first kappa shape index (κ1) is 16.6. The lowest BCUT2D eigenvalue weighted by Gasteiger charge is -2.10. The van der Waals surface area contributed by atoms with Crippen molar-refractivity contribution in [1.82, 2.24) is 15.0 Å². The number of benzene rings is 1. The molecule has 0 spiro atoms. The van der Waals surface area contributed by atoms with Gasteiger partial charge in [0.25, 0.3) is 0 Å². The predicted octanol–water partition coefficient (Wildman–Crippen LogP) is 4.23. The van der Waals surface area contributed by atoms with E-state index >= 15 is 0 Å². The fourth-order valence-corrected chi connectivity index (χ4v) is 2.29. The van der Waals surface area contributed by atoms with Gasteiger partial charge in [-0.2, -0.15) is 0 Å². The molecule has 2 heterocycles. The molecule has 0 saturated heterocycles. The van der Waals surface area contributed by atoms with E-state index in [1.807, 2.05) is 13.0 Å². The number of anilines is 4. The van der Waals surface area contributed by atoms with Gasteiger partial charge in [0, 0.05) is 16.9 Å². The number of hydrogen-bond donors (Lipinski definition) is 2. The number of nitro groups is 1. The first-order chi connectivity index (χ1) is 12.0. The van der Waals surface area contributed by atoms with Gasteiger partial charge >= 0.3 is 5.69 Å². The van der Waals surface area contributed by atoms with Crippen LogP contribution in [0.2, 0.25) is 5.02 Å². The average Bonchev–Trinajstić information content (AvgIpc) is 2.57. The van der Waals surface area contributed by atoms with E-state index < -0.39 is 4.92 Å². The highest BCUT2D eigenvalue weighted by atomic mass is 35.5. The van der Waals surface area contributed by atoms with Gasteiger partial charge in [-0.25, -0.2) is 15.0 Å². The Morgan fingerprint density at radius 2 is 1.84 bits per heavy atom. The van der Waals surface area contributed by atoms with Gasteiger partial charge in [-0.1, -0.05) is 23.7 Å². The number of nitrogens with one attached hydrogen (secondary N) is 2. The fraction of sp³-hybridized carbons (Fsp3) is 0.0625. The van der Waals surface area contributed by atoms with Crippen molar-refractivity contribution in [3.8, 4) is 0 Å². The van der Waals surface area contributed by atoms with Crippen molar-refractivity contribution >= 4 is 40.4 Å². The van der Waals surface area contributed by atoms with Crippen LogP contribution < -0.4 is 10.6 Å². The molecular weight excluding hydrogens is 344 g/mol. The molecule has 25 heavy (non-hydrogen) atoms. The third-order valence-corrected chi connectivity index (χ3v) is 3.49. The molecule has 2 aromatic heterocycles. The Hall–Kier alpha value is -3.26. The van der Waals surface area contributed by atoms with Gasteiger partial charge in [0.1, 0.15) is 12.1 Å². The standard InChI is InChI=1S/C16H13ClN6O2/c1-10-5-6-13(18-8-10)22-16-14(23(24)25)15(19-9-20-16)21-12-4-2-3-11(17)7-12/h2-9H,1H3,(H2,18,19,20,21,22). The molecule has 0 aliphatic carbocycles. The molecule has 2 N–H and O–H groups in total. The molecule has 1 aromatic carbocycles. The molecule has 0 bridgehead atoms. The minimum Gasteiger partial charge on any atom is -0.334 e. The third-order valence-electron chi connectivity index (χ3n) is 3.25. The minimum absolute atomic E-state index is 0.0425. The van der Waals surface area contributed by atoms with Crippen LogP contribution in [0.25, 0.3) is 0 Å². The summed E-state index contributed by atoms with van der Waals surface area (Å²) >= 11 is 5.94. The van der Waals surface area contributed by atoms with Crippen LogP contribution in [0, 0.1) is 17.0 Å². The summed E-state index contributed by atoms with van der Waals surface area (Å²) in [6.07, 6.45) is 2.89. The van der Waals surface area contributed by atoms with Crippen LogP contribution in [0.5, 0.6) is 0 Å². The van der Waals surface area contributed by atoms with Gasteiger partial charge in [-0.15, -0.1) is 0 Å². The largest absolute Gasteiger partial charge is 0.353 e. The van der Waals surface area contributed by atoms with E-state index in [0.29, 0.717) is 16.5 Å². The van der Waals surface area contributed by atoms with Crippen LogP contribution in [-0.2, 0) is 0 Å². The zero-order valence-electron chi connectivity index (χ0n) is 13.1. The second-order valence-corrected chi connectivity index (χ2v) is 5.59. The summed E-state index contributed by atoms with van der Waals surface area (Å²) in [5, 5.41) is 17.8. The first-order valence-corrected chi connectivity index (χ1v) is 7.62. The average molecular weight is 357 g/mol. The highest BCUT2D eigenvalue weighted by molar-refractivity contribution is 6.30. The van der Waals surface area contributed by atoms with E-state index in [4.69, 9.17) is 11.6 Å². The molecule has 0 aliphatic heterocycles. The van der Waals surface area contributed by atoms with Gasteiger partial charge in [-0.3, -0.25) is 10.1 Å². The van der Waals surface area contributed by atoms with Crippen molar-refractivity contribution in [2.45, 2.75) is 6.92 Å². The van der Waals surface area contributed by atoms with E-state index in [-0.39, 0.29) is 17.3 Å². The SMILES string of the molecule is Cc1ccc(Nc2ncnc(Nc3cccc(Cl)c3)c2[N+](=O)[O-])nc1. The van der Waals surface area contributed by atoms with Crippen LogP contribution in [-0.4, -0.2) is 19.9 Å². The molecule has 0 unspecified atom stereocenters. The molecule has 0 saturated carbocycles. The monoisotopic (exact) mass is 356 g/mol. The molecular formula is C16H13ClN6O2. The summed E-state index contributed by atoms with van der Waals surface area (Å²) in [6, 6.07) is 10.4. The van der Waals surface area contributed by atoms with E-state index in [2.05, 4.69) is 25.6 Å². The number of pyridine rings is 1. The summed E-state index contributed by atoms with van der Waals surface area (Å²) in [5.74, 6) is 0.541. The quantitative estimate of drug-likeness (QED) is 0.520. The smallest absolute Gasteiger partial charge is 0.334 e. The molecule has 9 heteroatoms. The number of aromatic nitrogens is 3. The fourth-order valence-electron chi connectivity index (χ4n) is 2.10. The maximum absolute atomic E-state index is 11.5. The number of rotatable bonds is 5. The number of aryl methyl sites for hydroxylation is 1. The maximum atomic E-state index is 11.5. The number of halogens is 1. The molecule has 3 aromatic rings. The van der Waals surface area contributed by atoms with Crippen molar-refractivity contribution in [3.05, 3.63) is 69.6 Å². The van der Waals surface area contributed by atoms with E-state index in [0.717, 1.165) is 5.56 Å². The minimum atomic E-state index is -0.552. The lowest BCUT2D eigenvalue weighted by atomic mass is 10.3. The third kappa shape index (κ3) is 3.99. The summed E-state index contributed by atoms with van der Waals surface area (Å²) < 4.78 is 0. The summed E-state index contributed by atoms with van der Waals surface area (Å²) in [5.41, 5.74) is 1.27. The Bertz CT molecular complexity index is 917. The summed E-state index contributed by atoms with van der Waals surface area (Å²) in [4.78, 5) is 23.1. The Morgan fingerprint density at radius 3 is 2.48 bits per heavy atom. The second kappa shape index (κ2) is 7.10. The predicted molar refractivity (Wildman–Crippen MR) is 95.7 cm³/mol. The van der Waals surface area contributed by atoms with E-state index in [1.54, 1.807) is 36.5 Å². The summed E-state index contributed by atoms with van der Waals surface area (Å²) in [7, 11) is 0. The van der Waals surface area contributed by atoms with Crippen molar-refractivity contribution in [2.75, 3.05) is 10.6 Å². The van der Waals surface area contributed by atoms with Crippen LogP contribution in [0.3, 0.4) is 0 Å². The van der Waals surface area contributed by atoms with Crippen molar-refractivity contribution in [2.24, 2.45) is 0 Å². The van der Waals surface area contributed by atoms with Gasteiger partial charge < -0.3 is 10.6 Å². The normalized spacial score (nSPS) is 10.3. The number of nitrogens with zero attached hydrogens (tertiary/aromatic N) is 4. The molecule has 126 valence electrons. The van der Waals surface area contributed by atoms with Crippen molar-refractivity contribution in [1.29, 1.82) is 0 Å². The molecule has 0 aliphatic rings. The van der Waals surface area contributed by atoms with Crippen molar-refractivity contribution < 1.29 is 4.92 Å². The highest BCUT2D eigenvalue weighted by Crippen LogP contribution is 2.32.